The lowest BCUT2D eigenvalue weighted by Crippen LogP contribution is -2.10. The lowest BCUT2D eigenvalue weighted by atomic mass is 9.84. The Morgan fingerprint density at radius 3 is 2.92 bits per heavy atom. The Kier molecular flexibility index (Phi) is 3.46. The third-order valence-electron chi connectivity index (χ3n) is 4.78. The Balaban J connectivity index is 1.90. The third kappa shape index (κ3) is 2.33. The maximum absolute atomic E-state index is 13.8. The third-order valence-corrected chi connectivity index (χ3v) is 6.55. The van der Waals surface area contributed by atoms with Crippen LogP contribution in [0.25, 0.3) is 11.0 Å². The molecule has 0 bridgehead atoms. The van der Waals surface area contributed by atoms with E-state index in [2.05, 4.69) is 16.9 Å². The minimum Gasteiger partial charge on any atom is -0.344 e. The Morgan fingerprint density at radius 1 is 1.25 bits per heavy atom. The van der Waals surface area contributed by atoms with E-state index in [-0.39, 0.29) is 15.3 Å². The maximum Gasteiger partial charge on any atom is 0.208 e. The van der Waals surface area contributed by atoms with Gasteiger partial charge in [0.2, 0.25) is 9.84 Å². The summed E-state index contributed by atoms with van der Waals surface area (Å²) in [6.07, 6.45) is 4.43. The summed E-state index contributed by atoms with van der Waals surface area (Å²) in [5.74, 6) is -0.158. The van der Waals surface area contributed by atoms with Crippen LogP contribution in [0.2, 0.25) is 0 Å². The van der Waals surface area contributed by atoms with Gasteiger partial charge in [-0.05, 0) is 60.6 Å². The van der Waals surface area contributed by atoms with Crippen LogP contribution in [-0.2, 0) is 16.3 Å². The second-order valence-corrected chi connectivity index (χ2v) is 8.28. The number of H-pyrrole nitrogens is 1. The van der Waals surface area contributed by atoms with Gasteiger partial charge in [0, 0.05) is 0 Å². The first kappa shape index (κ1) is 15.3. The monoisotopic (exact) mass is 344 g/mol. The molecule has 1 aliphatic rings. The molecule has 124 valence electrons. The number of halogens is 1. The minimum absolute atomic E-state index is 0.0949. The van der Waals surface area contributed by atoms with Crippen molar-refractivity contribution >= 4 is 20.9 Å². The standard InChI is InChI=1S/C18H17FN2O2S/c1-11-3-2-4-12-7-14(5-6-15(11)12)24(22,23)17-9-13(19)8-16-18(17)21-10-20-16/h5-11H,2-4H2,1H3,(H,20,21)/t11-/m1/s1. The molecule has 4 rings (SSSR count). The number of imidazole rings is 1. The van der Waals surface area contributed by atoms with Crippen molar-refractivity contribution in [3.63, 3.8) is 0 Å². The van der Waals surface area contributed by atoms with Gasteiger partial charge in [-0.2, -0.15) is 0 Å². The lowest BCUT2D eigenvalue weighted by Gasteiger charge is -2.22. The summed E-state index contributed by atoms with van der Waals surface area (Å²) in [4.78, 5) is 6.92. The highest BCUT2D eigenvalue weighted by Gasteiger charge is 2.25. The molecule has 24 heavy (non-hydrogen) atoms. The molecular weight excluding hydrogens is 327 g/mol. The molecule has 1 N–H and O–H groups in total. The summed E-state index contributed by atoms with van der Waals surface area (Å²) < 4.78 is 39.9. The van der Waals surface area contributed by atoms with Crippen LogP contribution < -0.4 is 0 Å². The normalized spacial score (nSPS) is 17.8. The number of sulfone groups is 1. The van der Waals surface area contributed by atoms with Crippen molar-refractivity contribution in [3.05, 3.63) is 53.6 Å². The molecule has 0 saturated carbocycles. The fourth-order valence-corrected chi connectivity index (χ4v) is 5.00. The Hall–Kier alpha value is -2.21. The number of benzene rings is 2. The molecule has 0 amide bonds. The van der Waals surface area contributed by atoms with E-state index in [1.54, 1.807) is 12.1 Å². The van der Waals surface area contributed by atoms with Gasteiger partial charge < -0.3 is 4.98 Å². The molecular formula is C18H17FN2O2S. The van der Waals surface area contributed by atoms with Crippen molar-refractivity contribution in [1.82, 2.24) is 9.97 Å². The highest BCUT2D eigenvalue weighted by Crippen LogP contribution is 2.34. The van der Waals surface area contributed by atoms with Crippen LogP contribution in [0.15, 0.2) is 46.5 Å². The van der Waals surface area contributed by atoms with Crippen LogP contribution in [0.5, 0.6) is 0 Å². The lowest BCUT2D eigenvalue weighted by molar-refractivity contribution is 0.583. The van der Waals surface area contributed by atoms with Crippen LogP contribution in [0.4, 0.5) is 4.39 Å². The second kappa shape index (κ2) is 5.41. The van der Waals surface area contributed by atoms with Crippen LogP contribution in [0.1, 0.15) is 36.8 Å². The van der Waals surface area contributed by atoms with Crippen LogP contribution in [-0.4, -0.2) is 18.4 Å². The topological polar surface area (TPSA) is 62.8 Å². The van der Waals surface area contributed by atoms with Gasteiger partial charge in [0.25, 0.3) is 0 Å². The summed E-state index contributed by atoms with van der Waals surface area (Å²) >= 11 is 0. The molecule has 1 aromatic heterocycles. The fourth-order valence-electron chi connectivity index (χ4n) is 3.52. The average Bonchev–Trinajstić information content (AvgIpc) is 3.02. The Labute approximate surface area is 139 Å². The first-order valence-corrected chi connectivity index (χ1v) is 9.45. The van der Waals surface area contributed by atoms with E-state index < -0.39 is 15.7 Å². The number of aromatic nitrogens is 2. The first-order valence-electron chi connectivity index (χ1n) is 7.97. The second-order valence-electron chi connectivity index (χ2n) is 6.36. The summed E-state index contributed by atoms with van der Waals surface area (Å²) in [5.41, 5.74) is 2.93. The molecule has 4 nitrogen and oxygen atoms in total. The molecule has 0 unspecified atom stereocenters. The molecule has 6 heteroatoms. The number of rotatable bonds is 2. The number of aromatic amines is 1. The number of hydrogen-bond acceptors (Lipinski definition) is 3. The molecule has 2 aromatic carbocycles. The predicted octanol–water partition coefficient (Wildman–Crippen LogP) is 3.97. The van der Waals surface area contributed by atoms with Crippen molar-refractivity contribution in [1.29, 1.82) is 0 Å². The number of nitrogens with one attached hydrogen (secondary N) is 1. The van der Waals surface area contributed by atoms with Crippen molar-refractivity contribution in [2.45, 2.75) is 41.9 Å². The van der Waals surface area contributed by atoms with Gasteiger partial charge in [0.15, 0.2) is 0 Å². The SMILES string of the molecule is C[C@@H]1CCCc2cc(S(=O)(=O)c3cc(F)cc4[nH]cnc34)ccc21. The highest BCUT2D eigenvalue weighted by atomic mass is 32.2. The zero-order valence-electron chi connectivity index (χ0n) is 13.2. The van der Waals surface area contributed by atoms with Crippen LogP contribution in [0.3, 0.4) is 0 Å². The molecule has 0 fully saturated rings. The van der Waals surface area contributed by atoms with Crippen molar-refractivity contribution in [3.8, 4) is 0 Å². The molecule has 0 spiro atoms. The van der Waals surface area contributed by atoms with E-state index in [1.165, 1.54) is 18.0 Å². The number of fused-ring (bicyclic) bond motifs is 2. The highest BCUT2D eigenvalue weighted by molar-refractivity contribution is 7.91. The van der Waals surface area contributed by atoms with Crippen LogP contribution in [0, 0.1) is 5.82 Å². The molecule has 1 atom stereocenters. The summed E-state index contributed by atoms with van der Waals surface area (Å²) in [5, 5.41) is 0. The average molecular weight is 344 g/mol. The van der Waals surface area contributed by atoms with Gasteiger partial charge in [0.05, 0.1) is 16.7 Å². The Bertz CT molecular complexity index is 1040. The van der Waals surface area contributed by atoms with Gasteiger partial charge in [-0.3, -0.25) is 0 Å². The maximum atomic E-state index is 13.8. The molecule has 0 saturated heterocycles. The molecule has 1 aliphatic carbocycles. The largest absolute Gasteiger partial charge is 0.344 e. The first-order chi connectivity index (χ1) is 11.5. The fraction of sp³-hybridized carbons (Fsp3) is 0.278. The summed E-state index contributed by atoms with van der Waals surface area (Å²) in [7, 11) is -3.83. The molecule has 1 heterocycles. The van der Waals surface area contributed by atoms with Gasteiger partial charge in [-0.1, -0.05) is 13.0 Å². The zero-order valence-corrected chi connectivity index (χ0v) is 14.0. The van der Waals surface area contributed by atoms with E-state index in [0.717, 1.165) is 30.9 Å². The van der Waals surface area contributed by atoms with Crippen molar-refractivity contribution < 1.29 is 12.8 Å². The van der Waals surface area contributed by atoms with E-state index in [9.17, 15) is 12.8 Å². The van der Waals surface area contributed by atoms with Crippen molar-refractivity contribution in [2.24, 2.45) is 0 Å². The smallest absolute Gasteiger partial charge is 0.208 e. The molecule has 0 radical (unpaired) electrons. The number of nitrogens with zero attached hydrogens (tertiary/aromatic N) is 1. The van der Waals surface area contributed by atoms with Crippen LogP contribution >= 0.6 is 0 Å². The predicted molar refractivity (Wildman–Crippen MR) is 89.3 cm³/mol. The molecule has 3 aromatic rings. The van der Waals surface area contributed by atoms with E-state index in [1.807, 2.05) is 6.07 Å². The van der Waals surface area contributed by atoms with Gasteiger partial charge in [-0.15, -0.1) is 0 Å². The van der Waals surface area contributed by atoms with Gasteiger partial charge in [-0.25, -0.2) is 17.8 Å². The van der Waals surface area contributed by atoms with Gasteiger partial charge >= 0.3 is 0 Å². The zero-order chi connectivity index (χ0) is 16.9. The minimum atomic E-state index is -3.83. The summed E-state index contributed by atoms with van der Waals surface area (Å²) in [6.45, 7) is 2.16. The number of aryl methyl sites for hydroxylation is 1. The Morgan fingerprint density at radius 2 is 2.08 bits per heavy atom. The van der Waals surface area contributed by atoms with E-state index in [0.29, 0.717) is 11.4 Å². The van der Waals surface area contributed by atoms with Gasteiger partial charge in [0.1, 0.15) is 16.2 Å². The number of hydrogen-bond donors (Lipinski definition) is 1. The van der Waals surface area contributed by atoms with Crippen molar-refractivity contribution in [2.75, 3.05) is 0 Å². The molecule has 0 aliphatic heterocycles. The van der Waals surface area contributed by atoms with E-state index >= 15 is 0 Å². The quantitative estimate of drug-likeness (QED) is 0.765. The summed E-state index contributed by atoms with van der Waals surface area (Å²) in [6, 6.07) is 7.55. The van der Waals surface area contributed by atoms with E-state index in [4.69, 9.17) is 0 Å².